The van der Waals surface area contributed by atoms with Crippen LogP contribution in [0.4, 0.5) is 0 Å². The van der Waals surface area contributed by atoms with Gasteiger partial charge in [0.2, 0.25) is 17.6 Å². The summed E-state index contributed by atoms with van der Waals surface area (Å²) in [4.78, 5) is 56.3. The number of carboxylic acids is 1. The van der Waals surface area contributed by atoms with E-state index in [0.29, 0.717) is 29.3 Å². The lowest BCUT2D eigenvalue weighted by atomic mass is 9.83. The lowest BCUT2D eigenvalue weighted by Gasteiger charge is -2.34. The number of likely N-dealkylation sites (tertiary alicyclic amines) is 1. The van der Waals surface area contributed by atoms with Crippen LogP contribution in [0.5, 0.6) is 5.75 Å². The molecule has 1 aliphatic carbocycles. The van der Waals surface area contributed by atoms with Crippen LogP contribution in [0.1, 0.15) is 85.4 Å². The van der Waals surface area contributed by atoms with Crippen molar-refractivity contribution in [2.24, 2.45) is 5.92 Å². The standard InChI is InChI=1S/C27H33N3O6S/c1-2-22(31)29-24(17-8-4-3-5-9-17)27(35)30-13-7-12-21(30)26-28-20(16-37-26)25(34)18-10-6-11-19(14-18)36-15-23(32)33/h6,10-11,14,16-17,21,24H,2-5,7-9,12-13,15H2,1H3,(H,29,31)(H,32,33)/t21?,24-/m0/s1. The van der Waals surface area contributed by atoms with Crippen molar-refractivity contribution in [1.82, 2.24) is 15.2 Å². The molecule has 2 fully saturated rings. The lowest BCUT2D eigenvalue weighted by Crippen LogP contribution is -2.52. The van der Waals surface area contributed by atoms with Crippen molar-refractivity contribution in [2.45, 2.75) is 70.4 Å². The molecule has 2 aliphatic rings. The van der Waals surface area contributed by atoms with Crippen LogP contribution in [0.2, 0.25) is 0 Å². The molecule has 2 N–H and O–H groups in total. The van der Waals surface area contributed by atoms with Crippen molar-refractivity contribution in [2.75, 3.05) is 13.2 Å². The summed E-state index contributed by atoms with van der Waals surface area (Å²) in [5.41, 5.74) is 0.622. The first-order valence-corrected chi connectivity index (χ1v) is 13.8. The molecule has 2 atom stereocenters. The van der Waals surface area contributed by atoms with Crippen LogP contribution < -0.4 is 10.1 Å². The van der Waals surface area contributed by atoms with Crippen molar-refractivity contribution in [3.8, 4) is 5.75 Å². The molecule has 0 spiro atoms. The number of carboxylic acid groups (broad SMARTS) is 1. The van der Waals surface area contributed by atoms with Gasteiger partial charge in [0.15, 0.2) is 6.61 Å². The molecule has 1 saturated heterocycles. The van der Waals surface area contributed by atoms with Crippen molar-refractivity contribution in [3.05, 3.63) is 45.9 Å². The molecule has 9 nitrogen and oxygen atoms in total. The fourth-order valence-corrected chi connectivity index (χ4v) is 6.10. The molecule has 1 aromatic heterocycles. The van der Waals surface area contributed by atoms with E-state index in [9.17, 15) is 19.2 Å². The van der Waals surface area contributed by atoms with E-state index in [1.807, 2.05) is 4.90 Å². The third kappa shape index (κ3) is 6.54. The zero-order valence-electron chi connectivity index (χ0n) is 21.0. The van der Waals surface area contributed by atoms with Gasteiger partial charge in [0, 0.05) is 23.9 Å². The molecule has 1 unspecified atom stereocenters. The van der Waals surface area contributed by atoms with E-state index in [1.165, 1.54) is 17.4 Å². The average molecular weight is 528 g/mol. The number of ketones is 1. The van der Waals surface area contributed by atoms with E-state index in [2.05, 4.69) is 10.3 Å². The summed E-state index contributed by atoms with van der Waals surface area (Å²) < 4.78 is 5.19. The highest BCUT2D eigenvalue weighted by atomic mass is 32.1. The number of benzene rings is 1. The number of thiazole rings is 1. The molecule has 0 bridgehead atoms. The number of hydrogen-bond donors (Lipinski definition) is 2. The minimum absolute atomic E-state index is 0.0532. The molecule has 2 aromatic rings. The molecule has 37 heavy (non-hydrogen) atoms. The first-order chi connectivity index (χ1) is 17.9. The number of aromatic nitrogens is 1. The number of ether oxygens (including phenoxy) is 1. The molecule has 2 amide bonds. The third-order valence-electron chi connectivity index (χ3n) is 7.06. The Kier molecular flexibility index (Phi) is 8.91. The number of hydrogen-bond acceptors (Lipinski definition) is 7. The molecular weight excluding hydrogens is 494 g/mol. The number of carbonyl (C=O) groups is 4. The third-order valence-corrected chi connectivity index (χ3v) is 8.00. The Hall–Kier alpha value is -3.27. The van der Waals surface area contributed by atoms with E-state index in [0.717, 1.165) is 44.9 Å². The van der Waals surface area contributed by atoms with Gasteiger partial charge >= 0.3 is 5.97 Å². The summed E-state index contributed by atoms with van der Waals surface area (Å²) in [5.74, 6) is -1.13. The Bertz CT molecular complexity index is 1140. The zero-order chi connectivity index (χ0) is 26.4. The molecule has 0 radical (unpaired) electrons. The van der Waals surface area contributed by atoms with Gasteiger partial charge in [0.1, 0.15) is 22.5 Å². The maximum Gasteiger partial charge on any atom is 0.341 e. The van der Waals surface area contributed by atoms with E-state index < -0.39 is 18.6 Å². The fraction of sp³-hybridized carbons (Fsp3) is 0.519. The highest BCUT2D eigenvalue weighted by molar-refractivity contribution is 7.10. The second-order valence-electron chi connectivity index (χ2n) is 9.60. The SMILES string of the molecule is CCC(=O)N[C@H](C(=O)N1CCCC1c1nc(C(=O)c2cccc(OCC(=O)O)c2)cs1)C1CCCCC1. The van der Waals surface area contributed by atoms with Crippen LogP contribution >= 0.6 is 11.3 Å². The van der Waals surface area contributed by atoms with E-state index >= 15 is 0 Å². The first-order valence-electron chi connectivity index (χ1n) is 12.9. The smallest absolute Gasteiger partial charge is 0.341 e. The van der Waals surface area contributed by atoms with Gasteiger partial charge in [-0.15, -0.1) is 11.3 Å². The van der Waals surface area contributed by atoms with Crippen LogP contribution in [0.3, 0.4) is 0 Å². The van der Waals surface area contributed by atoms with Gasteiger partial charge in [0.05, 0.1) is 6.04 Å². The minimum Gasteiger partial charge on any atom is -0.482 e. The number of amides is 2. The van der Waals surface area contributed by atoms with Gasteiger partial charge in [-0.25, -0.2) is 9.78 Å². The summed E-state index contributed by atoms with van der Waals surface area (Å²) >= 11 is 1.35. The highest BCUT2D eigenvalue weighted by Gasteiger charge is 2.39. The molecular formula is C27H33N3O6S. The minimum atomic E-state index is -1.10. The normalized spacial score (nSPS) is 18.8. The number of rotatable bonds is 10. The van der Waals surface area contributed by atoms with Crippen molar-refractivity contribution >= 4 is 34.9 Å². The lowest BCUT2D eigenvalue weighted by molar-refractivity contribution is -0.139. The predicted molar refractivity (Wildman–Crippen MR) is 138 cm³/mol. The quantitative estimate of drug-likeness (QED) is 0.448. The van der Waals surface area contributed by atoms with Crippen molar-refractivity contribution in [1.29, 1.82) is 0 Å². The van der Waals surface area contributed by atoms with Crippen LogP contribution in [-0.4, -0.2) is 57.8 Å². The monoisotopic (exact) mass is 527 g/mol. The van der Waals surface area contributed by atoms with Crippen LogP contribution in [0.25, 0.3) is 0 Å². The molecule has 1 aliphatic heterocycles. The van der Waals surface area contributed by atoms with Gasteiger partial charge < -0.3 is 20.1 Å². The highest BCUT2D eigenvalue weighted by Crippen LogP contribution is 2.36. The maximum atomic E-state index is 13.8. The number of aliphatic carboxylic acids is 1. The van der Waals surface area contributed by atoms with Crippen LogP contribution in [0.15, 0.2) is 29.6 Å². The molecule has 1 saturated carbocycles. The van der Waals surface area contributed by atoms with Gasteiger partial charge in [-0.05, 0) is 43.7 Å². The van der Waals surface area contributed by atoms with E-state index in [4.69, 9.17) is 9.84 Å². The molecule has 198 valence electrons. The largest absolute Gasteiger partial charge is 0.482 e. The number of carbonyl (C=O) groups excluding carboxylic acids is 3. The van der Waals surface area contributed by atoms with Crippen molar-refractivity contribution in [3.63, 3.8) is 0 Å². The molecule has 10 heteroatoms. The maximum absolute atomic E-state index is 13.8. The predicted octanol–water partition coefficient (Wildman–Crippen LogP) is 3.98. The van der Waals surface area contributed by atoms with Gasteiger partial charge in [0.25, 0.3) is 0 Å². The summed E-state index contributed by atoms with van der Waals surface area (Å²) in [6.45, 7) is 1.89. The van der Waals surface area contributed by atoms with Gasteiger partial charge in [-0.2, -0.15) is 0 Å². The number of nitrogens with one attached hydrogen (secondary N) is 1. The first kappa shape index (κ1) is 26.8. The molecule has 2 heterocycles. The topological polar surface area (TPSA) is 126 Å². The number of nitrogens with zero attached hydrogens (tertiary/aromatic N) is 2. The summed E-state index contributed by atoms with van der Waals surface area (Å²) in [7, 11) is 0. The Morgan fingerprint density at radius 3 is 2.68 bits per heavy atom. The Labute approximate surface area is 220 Å². The Morgan fingerprint density at radius 2 is 1.95 bits per heavy atom. The van der Waals surface area contributed by atoms with Gasteiger partial charge in [-0.3, -0.25) is 14.4 Å². The van der Waals surface area contributed by atoms with Crippen molar-refractivity contribution < 1.29 is 29.0 Å². The molecule has 1 aromatic carbocycles. The Morgan fingerprint density at radius 1 is 1.16 bits per heavy atom. The van der Waals surface area contributed by atoms with E-state index in [1.54, 1.807) is 30.5 Å². The summed E-state index contributed by atoms with van der Waals surface area (Å²) in [5, 5.41) is 14.2. The van der Waals surface area contributed by atoms with Crippen LogP contribution in [-0.2, 0) is 14.4 Å². The fourth-order valence-electron chi connectivity index (χ4n) is 5.16. The average Bonchev–Trinajstić information content (AvgIpc) is 3.60. The van der Waals surface area contributed by atoms with E-state index in [-0.39, 0.29) is 35.3 Å². The van der Waals surface area contributed by atoms with Gasteiger partial charge in [-0.1, -0.05) is 38.3 Å². The molecule has 4 rings (SSSR count). The second-order valence-corrected chi connectivity index (χ2v) is 10.5. The Balaban J connectivity index is 1.50. The van der Waals surface area contributed by atoms with Crippen LogP contribution in [0, 0.1) is 5.92 Å². The summed E-state index contributed by atoms with van der Waals surface area (Å²) in [6.07, 6.45) is 7.09. The summed E-state index contributed by atoms with van der Waals surface area (Å²) in [6, 6.07) is 5.60. The zero-order valence-corrected chi connectivity index (χ0v) is 21.8. The second kappa shape index (κ2) is 12.3.